The van der Waals surface area contributed by atoms with Crippen molar-refractivity contribution in [3.63, 3.8) is 0 Å². The van der Waals surface area contributed by atoms with Crippen molar-refractivity contribution >= 4 is 51.6 Å². The van der Waals surface area contributed by atoms with Gasteiger partial charge in [0.1, 0.15) is 23.2 Å². The standard InChI is InChI=1S/C23H24ClFN4O4S2/c1-4-9-29-19(12-33-14-7-8-18(25)17(24)10-14)27-28-23(29)34-13-20(30)26-21-16(22(31)32-6-3)11-15(5-2)35-21/h4,7-8,10-11H,1,5-6,9,12-13H2,2-3H3,(H,26,30). The molecule has 3 aromatic rings. The molecule has 35 heavy (non-hydrogen) atoms. The molecule has 0 spiro atoms. The zero-order chi connectivity index (χ0) is 25.4. The Labute approximate surface area is 215 Å². The highest BCUT2D eigenvalue weighted by Gasteiger charge is 2.20. The maximum Gasteiger partial charge on any atom is 0.341 e. The Morgan fingerprint density at radius 1 is 1.31 bits per heavy atom. The summed E-state index contributed by atoms with van der Waals surface area (Å²) < 4.78 is 25.9. The minimum atomic E-state index is -0.534. The first kappa shape index (κ1) is 26.7. The van der Waals surface area contributed by atoms with E-state index in [4.69, 9.17) is 21.1 Å². The molecule has 3 rings (SSSR count). The highest BCUT2D eigenvalue weighted by Crippen LogP contribution is 2.30. The molecule has 1 aromatic carbocycles. The molecule has 0 aliphatic carbocycles. The van der Waals surface area contributed by atoms with Crippen molar-refractivity contribution in [1.29, 1.82) is 0 Å². The second-order valence-electron chi connectivity index (χ2n) is 7.03. The van der Waals surface area contributed by atoms with E-state index >= 15 is 0 Å². The van der Waals surface area contributed by atoms with Gasteiger partial charge in [-0.05, 0) is 31.5 Å². The summed E-state index contributed by atoms with van der Waals surface area (Å²) in [6.07, 6.45) is 2.41. The molecule has 0 atom stereocenters. The molecular formula is C23H24ClFN4O4S2. The van der Waals surface area contributed by atoms with E-state index in [0.29, 0.717) is 33.8 Å². The number of hydrogen-bond donors (Lipinski definition) is 1. The van der Waals surface area contributed by atoms with Gasteiger partial charge in [-0.2, -0.15) is 0 Å². The number of benzene rings is 1. The van der Waals surface area contributed by atoms with E-state index in [1.807, 2.05) is 6.92 Å². The van der Waals surface area contributed by atoms with E-state index in [9.17, 15) is 14.0 Å². The Morgan fingerprint density at radius 2 is 2.11 bits per heavy atom. The van der Waals surface area contributed by atoms with E-state index in [-0.39, 0.29) is 29.9 Å². The molecule has 186 valence electrons. The van der Waals surface area contributed by atoms with Crippen LogP contribution in [0, 0.1) is 5.82 Å². The molecule has 0 aliphatic heterocycles. The lowest BCUT2D eigenvalue weighted by atomic mass is 10.2. The summed E-state index contributed by atoms with van der Waals surface area (Å²) in [5.41, 5.74) is 0.349. The summed E-state index contributed by atoms with van der Waals surface area (Å²) in [5.74, 6) is -0.359. The monoisotopic (exact) mass is 538 g/mol. The lowest BCUT2D eigenvalue weighted by molar-refractivity contribution is -0.113. The van der Waals surface area contributed by atoms with Crippen LogP contribution in [-0.4, -0.2) is 39.0 Å². The average Bonchev–Trinajstić information content (AvgIpc) is 3.42. The van der Waals surface area contributed by atoms with Crippen LogP contribution < -0.4 is 10.1 Å². The minimum absolute atomic E-state index is 0.0415. The molecule has 0 saturated carbocycles. The highest BCUT2D eigenvalue weighted by molar-refractivity contribution is 7.99. The number of anilines is 1. The Bertz CT molecular complexity index is 1210. The zero-order valence-electron chi connectivity index (χ0n) is 19.2. The van der Waals surface area contributed by atoms with Crippen LogP contribution in [0.1, 0.15) is 34.9 Å². The van der Waals surface area contributed by atoms with Crippen LogP contribution in [0.25, 0.3) is 0 Å². The van der Waals surface area contributed by atoms with Gasteiger partial charge >= 0.3 is 5.97 Å². The van der Waals surface area contributed by atoms with E-state index in [1.54, 1.807) is 23.6 Å². The molecule has 8 nitrogen and oxygen atoms in total. The first-order valence-electron chi connectivity index (χ1n) is 10.7. The molecule has 1 N–H and O–H groups in total. The number of esters is 1. The van der Waals surface area contributed by atoms with Crippen LogP contribution in [0.5, 0.6) is 5.75 Å². The predicted octanol–water partition coefficient (Wildman–Crippen LogP) is 5.37. The van der Waals surface area contributed by atoms with E-state index in [2.05, 4.69) is 22.1 Å². The Morgan fingerprint density at radius 3 is 2.80 bits per heavy atom. The summed E-state index contributed by atoms with van der Waals surface area (Å²) in [6.45, 7) is 8.17. The van der Waals surface area contributed by atoms with E-state index < -0.39 is 11.8 Å². The van der Waals surface area contributed by atoms with Crippen LogP contribution in [0.4, 0.5) is 9.39 Å². The Balaban J connectivity index is 1.65. The summed E-state index contributed by atoms with van der Waals surface area (Å²) in [5, 5.41) is 12.0. The molecule has 0 bridgehead atoms. The number of halogens is 2. The Hall–Kier alpha value is -2.89. The number of thiophene rings is 1. The van der Waals surface area contributed by atoms with Crippen molar-refractivity contribution < 1.29 is 23.5 Å². The van der Waals surface area contributed by atoms with Gasteiger partial charge in [0.05, 0.1) is 22.9 Å². The average molecular weight is 539 g/mol. The number of ether oxygens (including phenoxy) is 2. The fourth-order valence-electron chi connectivity index (χ4n) is 2.92. The maximum atomic E-state index is 13.4. The fraction of sp³-hybridized carbons (Fsp3) is 0.304. The van der Waals surface area contributed by atoms with Gasteiger partial charge in [-0.15, -0.1) is 28.1 Å². The van der Waals surface area contributed by atoms with Crippen molar-refractivity contribution in [3.05, 3.63) is 64.0 Å². The van der Waals surface area contributed by atoms with Gasteiger partial charge in [-0.3, -0.25) is 9.36 Å². The fourth-order valence-corrected chi connectivity index (χ4v) is 4.86. The molecule has 12 heteroatoms. The number of aromatic nitrogens is 3. The third kappa shape index (κ3) is 7.06. The zero-order valence-corrected chi connectivity index (χ0v) is 21.6. The summed E-state index contributed by atoms with van der Waals surface area (Å²) in [4.78, 5) is 25.8. The number of nitrogens with one attached hydrogen (secondary N) is 1. The van der Waals surface area contributed by atoms with Crippen LogP contribution in [0.3, 0.4) is 0 Å². The normalized spacial score (nSPS) is 10.7. The van der Waals surface area contributed by atoms with Crippen LogP contribution in [0.15, 0.2) is 42.1 Å². The van der Waals surface area contributed by atoms with Crippen molar-refractivity contribution in [1.82, 2.24) is 14.8 Å². The van der Waals surface area contributed by atoms with E-state index in [1.165, 1.54) is 41.3 Å². The second kappa shape index (κ2) is 12.7. The number of nitrogens with zero attached hydrogens (tertiary/aromatic N) is 3. The molecule has 2 heterocycles. The molecule has 1 amide bonds. The number of aryl methyl sites for hydroxylation is 1. The SMILES string of the molecule is C=CCn1c(COc2ccc(F)c(Cl)c2)nnc1SCC(=O)Nc1sc(CC)cc1C(=O)OCC. The van der Waals surface area contributed by atoms with Crippen molar-refractivity contribution in [2.45, 2.75) is 38.6 Å². The lowest BCUT2D eigenvalue weighted by Gasteiger charge is -2.10. The van der Waals surface area contributed by atoms with Gasteiger partial charge in [-0.1, -0.05) is 36.4 Å². The number of hydrogen-bond acceptors (Lipinski definition) is 8. The van der Waals surface area contributed by atoms with Crippen molar-refractivity contribution in [2.75, 3.05) is 17.7 Å². The Kier molecular flexibility index (Phi) is 9.70. The van der Waals surface area contributed by atoms with Crippen molar-refractivity contribution in [2.24, 2.45) is 0 Å². The molecule has 0 unspecified atom stereocenters. The third-order valence-corrected chi connectivity index (χ3v) is 7.03. The summed E-state index contributed by atoms with van der Waals surface area (Å²) in [7, 11) is 0. The highest BCUT2D eigenvalue weighted by atomic mass is 35.5. The third-order valence-electron chi connectivity index (χ3n) is 4.58. The second-order valence-corrected chi connectivity index (χ2v) is 9.52. The molecule has 2 aromatic heterocycles. The van der Waals surface area contributed by atoms with Gasteiger partial charge in [0.15, 0.2) is 11.0 Å². The minimum Gasteiger partial charge on any atom is -0.486 e. The first-order valence-corrected chi connectivity index (χ1v) is 12.9. The number of carbonyl (C=O) groups excluding carboxylic acids is 2. The number of rotatable bonds is 12. The summed E-state index contributed by atoms with van der Waals surface area (Å²) in [6, 6.07) is 5.81. The van der Waals surface area contributed by atoms with Crippen LogP contribution in [0.2, 0.25) is 5.02 Å². The van der Waals surface area contributed by atoms with Crippen LogP contribution in [-0.2, 0) is 29.1 Å². The number of allylic oxidation sites excluding steroid dienone is 1. The van der Waals surface area contributed by atoms with Gasteiger partial charge in [-0.25, -0.2) is 9.18 Å². The number of thioether (sulfide) groups is 1. The molecular weight excluding hydrogens is 515 g/mol. The quantitative estimate of drug-likeness (QED) is 0.188. The largest absolute Gasteiger partial charge is 0.486 e. The van der Waals surface area contributed by atoms with Gasteiger partial charge in [0.2, 0.25) is 5.91 Å². The topological polar surface area (TPSA) is 95.3 Å². The van der Waals surface area contributed by atoms with Gasteiger partial charge in [0.25, 0.3) is 0 Å². The first-order chi connectivity index (χ1) is 16.9. The molecule has 0 radical (unpaired) electrons. The van der Waals surface area contributed by atoms with Crippen molar-refractivity contribution in [3.8, 4) is 5.75 Å². The van der Waals surface area contributed by atoms with Gasteiger partial charge < -0.3 is 14.8 Å². The molecule has 0 fully saturated rings. The summed E-state index contributed by atoms with van der Waals surface area (Å²) >= 11 is 8.33. The smallest absolute Gasteiger partial charge is 0.341 e. The number of carbonyl (C=O) groups is 2. The lowest BCUT2D eigenvalue weighted by Crippen LogP contribution is -2.16. The maximum absolute atomic E-state index is 13.4. The van der Waals surface area contributed by atoms with Gasteiger partial charge in [0, 0.05) is 17.5 Å². The molecule has 0 aliphatic rings. The molecule has 0 saturated heterocycles. The van der Waals surface area contributed by atoms with E-state index in [0.717, 1.165) is 11.3 Å². The number of amides is 1. The predicted molar refractivity (Wildman–Crippen MR) is 135 cm³/mol. The van der Waals surface area contributed by atoms with Crippen LogP contribution >= 0.6 is 34.7 Å².